The second kappa shape index (κ2) is 9.00. The van der Waals surface area contributed by atoms with Crippen molar-refractivity contribution in [2.45, 2.75) is 52.4 Å². The first-order chi connectivity index (χ1) is 7.79. The summed E-state index contributed by atoms with van der Waals surface area (Å²) in [5.74, 6) is 1.61. The molecule has 2 heteroatoms. The highest BCUT2D eigenvalue weighted by atomic mass is 16.5. The van der Waals surface area contributed by atoms with Crippen molar-refractivity contribution >= 4 is 0 Å². The molecule has 1 aliphatic carbocycles. The average Bonchev–Trinajstić information content (AvgIpc) is 2.29. The van der Waals surface area contributed by atoms with Gasteiger partial charge in [-0.05, 0) is 44.2 Å². The second-order valence-electron chi connectivity index (χ2n) is 5.53. The number of nitrogens with one attached hydrogen (secondary N) is 1. The summed E-state index contributed by atoms with van der Waals surface area (Å²) < 4.78 is 5.55. The quantitative estimate of drug-likeness (QED) is 0.643. The molecule has 1 rings (SSSR count). The Morgan fingerprint density at radius 1 is 1.19 bits per heavy atom. The molecule has 0 aliphatic heterocycles. The summed E-state index contributed by atoms with van der Waals surface area (Å²) in [4.78, 5) is 0. The molecule has 1 N–H and O–H groups in total. The zero-order valence-corrected chi connectivity index (χ0v) is 11.1. The van der Waals surface area contributed by atoms with Crippen molar-refractivity contribution < 1.29 is 4.74 Å². The van der Waals surface area contributed by atoms with Crippen LogP contribution in [0.1, 0.15) is 52.4 Å². The van der Waals surface area contributed by atoms with Gasteiger partial charge in [-0.2, -0.15) is 0 Å². The van der Waals surface area contributed by atoms with Gasteiger partial charge in [-0.15, -0.1) is 0 Å². The van der Waals surface area contributed by atoms with Crippen molar-refractivity contribution in [1.29, 1.82) is 0 Å². The Kier molecular flexibility index (Phi) is 7.87. The Balaban J connectivity index is 1.80. The minimum atomic E-state index is 0.662. The van der Waals surface area contributed by atoms with Gasteiger partial charge in [-0.1, -0.05) is 33.1 Å². The third-order valence-electron chi connectivity index (χ3n) is 3.25. The zero-order valence-electron chi connectivity index (χ0n) is 11.1. The first-order valence-corrected chi connectivity index (χ1v) is 7.07. The molecule has 0 aromatic carbocycles. The average molecular weight is 227 g/mol. The molecule has 0 heterocycles. The lowest BCUT2D eigenvalue weighted by Gasteiger charge is -2.21. The fraction of sp³-hybridized carbons (Fsp3) is 1.00. The largest absolute Gasteiger partial charge is 0.381 e. The van der Waals surface area contributed by atoms with Gasteiger partial charge in [0.1, 0.15) is 0 Å². The third kappa shape index (κ3) is 7.24. The molecular weight excluding hydrogens is 198 g/mol. The highest BCUT2D eigenvalue weighted by Gasteiger charge is 2.12. The molecule has 0 radical (unpaired) electrons. The Morgan fingerprint density at radius 3 is 2.62 bits per heavy atom. The molecule has 16 heavy (non-hydrogen) atoms. The predicted molar refractivity (Wildman–Crippen MR) is 69.7 cm³/mol. The van der Waals surface area contributed by atoms with Gasteiger partial charge in [0.25, 0.3) is 0 Å². The number of rotatable bonds is 8. The van der Waals surface area contributed by atoms with Gasteiger partial charge in [0.2, 0.25) is 0 Å². The fourth-order valence-electron chi connectivity index (χ4n) is 2.32. The van der Waals surface area contributed by atoms with E-state index in [9.17, 15) is 0 Å². The number of ether oxygens (including phenoxy) is 1. The maximum absolute atomic E-state index is 5.55. The molecule has 0 aromatic rings. The van der Waals surface area contributed by atoms with Crippen molar-refractivity contribution in [2.24, 2.45) is 11.8 Å². The summed E-state index contributed by atoms with van der Waals surface area (Å²) in [5.41, 5.74) is 0. The summed E-state index contributed by atoms with van der Waals surface area (Å²) >= 11 is 0. The van der Waals surface area contributed by atoms with Crippen LogP contribution in [0, 0.1) is 11.8 Å². The van der Waals surface area contributed by atoms with E-state index in [2.05, 4.69) is 19.2 Å². The van der Waals surface area contributed by atoms with E-state index in [1.54, 1.807) is 0 Å². The molecule has 1 saturated carbocycles. The van der Waals surface area contributed by atoms with Crippen LogP contribution in [-0.2, 0) is 4.74 Å². The lowest BCUT2D eigenvalue weighted by molar-refractivity contribution is 0.107. The second-order valence-corrected chi connectivity index (χ2v) is 5.53. The van der Waals surface area contributed by atoms with Gasteiger partial charge in [0.15, 0.2) is 0 Å². The normalized spacial score (nSPS) is 18.2. The Morgan fingerprint density at radius 2 is 1.94 bits per heavy atom. The predicted octanol–water partition coefficient (Wildman–Crippen LogP) is 3.22. The molecule has 0 bridgehead atoms. The van der Waals surface area contributed by atoms with Gasteiger partial charge in [-0.25, -0.2) is 0 Å². The van der Waals surface area contributed by atoms with Crippen LogP contribution in [0.5, 0.6) is 0 Å². The first-order valence-electron chi connectivity index (χ1n) is 7.07. The van der Waals surface area contributed by atoms with Crippen LogP contribution in [0.3, 0.4) is 0 Å². The van der Waals surface area contributed by atoms with Crippen molar-refractivity contribution in [3.05, 3.63) is 0 Å². The molecule has 1 fully saturated rings. The van der Waals surface area contributed by atoms with E-state index in [4.69, 9.17) is 4.74 Å². The van der Waals surface area contributed by atoms with Crippen molar-refractivity contribution in [3.63, 3.8) is 0 Å². The monoisotopic (exact) mass is 227 g/mol. The molecule has 0 aromatic heterocycles. The lowest BCUT2D eigenvalue weighted by atomic mass is 9.89. The Labute approximate surface area is 101 Å². The van der Waals surface area contributed by atoms with Crippen LogP contribution in [0.2, 0.25) is 0 Å². The van der Waals surface area contributed by atoms with Gasteiger partial charge < -0.3 is 10.1 Å². The molecule has 0 atom stereocenters. The summed E-state index contributed by atoms with van der Waals surface area (Å²) in [5, 5.41) is 3.56. The molecule has 0 saturated heterocycles. The fourth-order valence-corrected chi connectivity index (χ4v) is 2.32. The lowest BCUT2D eigenvalue weighted by Crippen LogP contribution is -2.26. The maximum Gasteiger partial charge on any atom is 0.0489 e. The molecule has 0 amide bonds. The molecule has 96 valence electrons. The SMILES string of the molecule is CC(C)COCCCNCC1CCCCC1. The van der Waals surface area contributed by atoms with Gasteiger partial charge in [0.05, 0.1) is 0 Å². The maximum atomic E-state index is 5.55. The van der Waals surface area contributed by atoms with E-state index in [0.29, 0.717) is 5.92 Å². The van der Waals surface area contributed by atoms with Crippen LogP contribution in [0.15, 0.2) is 0 Å². The molecule has 0 unspecified atom stereocenters. The molecule has 1 aliphatic rings. The minimum absolute atomic E-state index is 0.662. The Hall–Kier alpha value is -0.0800. The van der Waals surface area contributed by atoms with E-state index in [1.807, 2.05) is 0 Å². The number of hydrogen-bond acceptors (Lipinski definition) is 2. The molecule has 2 nitrogen and oxygen atoms in total. The Bertz CT molecular complexity index is 153. The van der Waals surface area contributed by atoms with E-state index >= 15 is 0 Å². The van der Waals surface area contributed by atoms with Crippen LogP contribution in [0.25, 0.3) is 0 Å². The highest BCUT2D eigenvalue weighted by Crippen LogP contribution is 2.22. The summed E-state index contributed by atoms with van der Waals surface area (Å²) in [7, 11) is 0. The van der Waals surface area contributed by atoms with E-state index in [1.165, 1.54) is 38.6 Å². The van der Waals surface area contributed by atoms with E-state index < -0.39 is 0 Å². The third-order valence-corrected chi connectivity index (χ3v) is 3.25. The van der Waals surface area contributed by atoms with Crippen molar-refractivity contribution in [2.75, 3.05) is 26.3 Å². The van der Waals surface area contributed by atoms with E-state index in [0.717, 1.165) is 32.1 Å². The highest BCUT2D eigenvalue weighted by molar-refractivity contribution is 4.67. The van der Waals surface area contributed by atoms with Gasteiger partial charge in [-0.3, -0.25) is 0 Å². The minimum Gasteiger partial charge on any atom is -0.381 e. The van der Waals surface area contributed by atoms with Crippen LogP contribution < -0.4 is 5.32 Å². The van der Waals surface area contributed by atoms with Crippen molar-refractivity contribution in [1.82, 2.24) is 5.32 Å². The summed E-state index contributed by atoms with van der Waals surface area (Å²) in [6, 6.07) is 0. The summed E-state index contributed by atoms with van der Waals surface area (Å²) in [6.07, 6.45) is 8.39. The van der Waals surface area contributed by atoms with Gasteiger partial charge in [0, 0.05) is 13.2 Å². The molecule has 0 spiro atoms. The standard InChI is InChI=1S/C14H29NO/c1-13(2)12-16-10-6-9-15-11-14-7-4-3-5-8-14/h13-15H,3-12H2,1-2H3. The number of hydrogen-bond donors (Lipinski definition) is 1. The van der Waals surface area contributed by atoms with Crippen LogP contribution in [0.4, 0.5) is 0 Å². The topological polar surface area (TPSA) is 21.3 Å². The van der Waals surface area contributed by atoms with Crippen LogP contribution >= 0.6 is 0 Å². The van der Waals surface area contributed by atoms with Gasteiger partial charge >= 0.3 is 0 Å². The smallest absolute Gasteiger partial charge is 0.0489 e. The first kappa shape index (κ1) is 14.0. The van der Waals surface area contributed by atoms with Crippen molar-refractivity contribution in [3.8, 4) is 0 Å². The van der Waals surface area contributed by atoms with Crippen LogP contribution in [-0.4, -0.2) is 26.3 Å². The zero-order chi connectivity index (χ0) is 11.6. The van der Waals surface area contributed by atoms with E-state index in [-0.39, 0.29) is 0 Å². The summed E-state index contributed by atoms with van der Waals surface area (Å²) in [6.45, 7) is 8.56. The molecular formula is C14H29NO.